The summed E-state index contributed by atoms with van der Waals surface area (Å²) in [5.74, 6) is 0. The Labute approximate surface area is 224 Å². The van der Waals surface area contributed by atoms with Crippen LogP contribution in [0, 0.1) is 0 Å². The van der Waals surface area contributed by atoms with Crippen LogP contribution in [0.2, 0.25) is 0 Å². The average Bonchev–Trinajstić information content (AvgIpc) is 0.722. The molecule has 0 bridgehead atoms. The van der Waals surface area contributed by atoms with Crippen molar-refractivity contribution in [3.8, 4) is 0 Å². The molecule has 0 aromatic rings. The first-order chi connectivity index (χ1) is 2.00. The van der Waals surface area contributed by atoms with Crippen LogP contribution in [0.5, 0.6) is 0 Å². The van der Waals surface area contributed by atoms with Crippen molar-refractivity contribution in [1.29, 1.82) is 0 Å². The van der Waals surface area contributed by atoms with E-state index in [0.29, 0.717) is 0 Å². The molecular formula is H19Al3Ca4O4S. The minimum atomic E-state index is -4.67. The zero-order chi connectivity index (χ0) is 4.50. The van der Waals surface area contributed by atoms with Crippen LogP contribution in [-0.4, -0.2) is 221 Å². The van der Waals surface area contributed by atoms with Crippen LogP contribution < -0.4 is 0 Å². The molecule has 0 aliphatic heterocycles. The first kappa shape index (κ1) is 51.4. The third kappa shape index (κ3) is 93.8. The third-order valence-corrected chi connectivity index (χ3v) is 0. The van der Waals surface area contributed by atoms with Gasteiger partial charge in [-0.05, 0) is 0 Å². The fourth-order valence-electron chi connectivity index (χ4n) is 0. The summed E-state index contributed by atoms with van der Waals surface area (Å²) in [5, 5.41) is 0. The van der Waals surface area contributed by atoms with Gasteiger partial charge >= 0.3 is 161 Å². The average molecular weight is 356 g/mol. The molecule has 12 heavy (non-hydrogen) atoms. The molecule has 0 amide bonds. The van der Waals surface area contributed by atoms with E-state index in [-0.39, 0.29) is 203 Å². The summed E-state index contributed by atoms with van der Waals surface area (Å²) in [7, 11) is -4.67. The van der Waals surface area contributed by atoms with Crippen molar-refractivity contribution in [2.24, 2.45) is 0 Å². The van der Waals surface area contributed by atoms with Crippen molar-refractivity contribution in [3.05, 3.63) is 0 Å². The Morgan fingerprint density at radius 2 is 0.667 bits per heavy atom. The molecule has 0 rings (SSSR count). The predicted molar refractivity (Wildman–Crippen MR) is 78.2 cm³/mol. The van der Waals surface area contributed by atoms with Crippen LogP contribution in [0.4, 0.5) is 0 Å². The van der Waals surface area contributed by atoms with Crippen molar-refractivity contribution >= 4 is 213 Å². The summed E-state index contributed by atoms with van der Waals surface area (Å²) in [4.78, 5) is 0. The van der Waals surface area contributed by atoms with E-state index in [1.165, 1.54) is 0 Å². The Morgan fingerprint density at radius 1 is 0.667 bits per heavy atom. The van der Waals surface area contributed by atoms with Gasteiger partial charge in [-0.15, -0.1) is 0 Å². The maximum atomic E-state index is 8.74. The van der Waals surface area contributed by atoms with Gasteiger partial charge in [-0.2, -0.15) is 8.42 Å². The number of rotatable bonds is 0. The second-order valence-electron chi connectivity index (χ2n) is 0.448. The van der Waals surface area contributed by atoms with Gasteiger partial charge in [-0.1, -0.05) is 0 Å². The van der Waals surface area contributed by atoms with Gasteiger partial charge in [-0.25, -0.2) is 0 Å². The predicted octanol–water partition coefficient (Wildman–Crippen LogP) is -7.87. The van der Waals surface area contributed by atoms with Gasteiger partial charge in [0.2, 0.25) is 0 Å². The van der Waals surface area contributed by atoms with E-state index < -0.39 is 10.4 Å². The number of hydrogen-bond acceptors (Lipinski definition) is 2. The molecule has 0 aliphatic carbocycles. The normalized spacial score (nSPS) is 4.83. The molecular weight excluding hydrogens is 337 g/mol. The first-order valence-corrected chi connectivity index (χ1v) is 2.10. The molecule has 0 unspecified atom stereocenters. The first-order valence-electron chi connectivity index (χ1n) is 0.698. The van der Waals surface area contributed by atoms with E-state index in [0.717, 1.165) is 0 Å². The van der Waals surface area contributed by atoms with Gasteiger partial charge in [0.05, 0.1) is 0 Å². The third-order valence-electron chi connectivity index (χ3n) is 0. The summed E-state index contributed by atoms with van der Waals surface area (Å²) in [6.45, 7) is 0. The van der Waals surface area contributed by atoms with Crippen LogP contribution in [0.25, 0.3) is 0 Å². The fraction of sp³-hybridized carbons (Fsp3) is 0. The van der Waals surface area contributed by atoms with E-state index in [4.69, 9.17) is 17.5 Å². The maximum absolute atomic E-state index is 8.74. The molecule has 0 fully saturated rings. The second-order valence-corrected chi connectivity index (χ2v) is 1.34. The van der Waals surface area contributed by atoms with Crippen LogP contribution in [0.3, 0.4) is 0 Å². The molecule has 2 N–H and O–H groups in total. The Balaban J connectivity index is -0.00000000381. The molecule has 0 radical (unpaired) electrons. The Bertz CT molecular complexity index is 105. The molecule has 0 saturated carbocycles. The van der Waals surface area contributed by atoms with Crippen LogP contribution in [-0.2, 0) is 10.4 Å². The van der Waals surface area contributed by atoms with E-state index >= 15 is 0 Å². The molecule has 0 atom stereocenters. The topological polar surface area (TPSA) is 74.6 Å². The van der Waals surface area contributed by atoms with E-state index in [1.807, 2.05) is 0 Å². The minimum absolute atomic E-state index is 0. The van der Waals surface area contributed by atoms with Gasteiger partial charge < -0.3 is 0 Å². The molecule has 0 spiro atoms. The van der Waals surface area contributed by atoms with E-state index in [2.05, 4.69) is 0 Å². The zero-order valence-corrected chi connectivity index (χ0v) is 2.94. The molecule has 0 aromatic carbocycles. The number of hydrogen-bond donors (Lipinski definition) is 2. The summed E-state index contributed by atoms with van der Waals surface area (Å²) >= 11 is 0. The van der Waals surface area contributed by atoms with Gasteiger partial charge in [-0.3, -0.25) is 9.11 Å². The summed E-state index contributed by atoms with van der Waals surface area (Å²) in [6.07, 6.45) is 0. The quantitative estimate of drug-likeness (QED) is 0.334. The Morgan fingerprint density at radius 3 is 0.667 bits per heavy atom. The summed E-state index contributed by atoms with van der Waals surface area (Å²) < 4.78 is 31.6. The molecule has 0 aliphatic rings. The van der Waals surface area contributed by atoms with Crippen LogP contribution >= 0.6 is 0 Å². The summed E-state index contributed by atoms with van der Waals surface area (Å²) in [6, 6.07) is 0. The molecule has 0 saturated heterocycles. The molecule has 0 heterocycles. The van der Waals surface area contributed by atoms with Gasteiger partial charge in [0.25, 0.3) is 0 Å². The van der Waals surface area contributed by atoms with Crippen molar-refractivity contribution in [2.75, 3.05) is 0 Å². The van der Waals surface area contributed by atoms with Crippen molar-refractivity contribution in [3.63, 3.8) is 0 Å². The molecule has 12 heteroatoms. The van der Waals surface area contributed by atoms with Crippen LogP contribution in [0.15, 0.2) is 0 Å². The van der Waals surface area contributed by atoms with Crippen LogP contribution in [0.1, 0.15) is 0 Å². The Kier molecular flexibility index (Phi) is 131. The molecule has 0 aromatic heterocycles. The van der Waals surface area contributed by atoms with Gasteiger partial charge in [0.1, 0.15) is 0 Å². The van der Waals surface area contributed by atoms with E-state index in [1.54, 1.807) is 0 Å². The SMILES string of the molecule is O=S(=O)(O)O.[AlH3].[AlH3].[AlH3].[CaH2].[CaH2].[CaH2].[CaH2]. The second kappa shape index (κ2) is 30.5. The zero-order valence-electron chi connectivity index (χ0n) is 2.12. The van der Waals surface area contributed by atoms with Crippen molar-refractivity contribution in [1.82, 2.24) is 0 Å². The van der Waals surface area contributed by atoms with Crippen molar-refractivity contribution in [2.45, 2.75) is 0 Å². The van der Waals surface area contributed by atoms with E-state index in [9.17, 15) is 0 Å². The fourth-order valence-corrected chi connectivity index (χ4v) is 0. The molecule has 4 nitrogen and oxygen atoms in total. The Hall–Kier alpha value is 6.51. The molecule has 66 valence electrons. The monoisotopic (exact) mass is 356 g/mol. The van der Waals surface area contributed by atoms with Gasteiger partial charge in [0, 0.05) is 0 Å². The van der Waals surface area contributed by atoms with Crippen molar-refractivity contribution < 1.29 is 17.5 Å². The summed E-state index contributed by atoms with van der Waals surface area (Å²) in [5.41, 5.74) is 0. The standard InChI is InChI=1S/3Al.4Ca.H2O4S.17H/c;;;;;;;1-5(2,3)4;;;;;;;;;;;;;;;;;/h;;;;;;;(H2,1,2,3,4);;;;;;;;;;;;;;;;;. The van der Waals surface area contributed by atoms with Gasteiger partial charge in [0.15, 0.2) is 52.1 Å².